The molecule has 4 heteroatoms. The van der Waals surface area contributed by atoms with Gasteiger partial charge in [0.15, 0.2) is 11.6 Å². The number of anilines is 2. The first-order valence-corrected chi connectivity index (χ1v) is 6.76. The van der Waals surface area contributed by atoms with Gasteiger partial charge in [-0.3, -0.25) is 9.59 Å². The Labute approximate surface area is 123 Å². The van der Waals surface area contributed by atoms with Crippen molar-refractivity contribution in [2.75, 3.05) is 31.4 Å². The molecule has 0 bridgehead atoms. The number of carbonyl (C=O) groups is 2. The first kappa shape index (κ1) is 13.4. The molecule has 2 aromatic carbocycles. The Balaban J connectivity index is 2.33. The van der Waals surface area contributed by atoms with Crippen LogP contribution in [-0.2, 0) is 0 Å². The summed E-state index contributed by atoms with van der Waals surface area (Å²) < 4.78 is 0. The first-order chi connectivity index (χ1) is 10.1. The van der Waals surface area contributed by atoms with E-state index in [4.69, 9.17) is 0 Å². The van der Waals surface area contributed by atoms with Gasteiger partial charge in [-0.25, -0.2) is 0 Å². The van der Waals surface area contributed by atoms with Gasteiger partial charge in [-0.15, -0.1) is 0 Å². The van der Waals surface area contributed by atoms with E-state index in [-0.39, 0.29) is 11.6 Å². The minimum atomic E-state index is -0.103. The highest BCUT2D eigenvalue weighted by molar-refractivity contribution is 6.30. The summed E-state index contributed by atoms with van der Waals surface area (Å²) in [5, 5.41) is 3.07. The lowest BCUT2D eigenvalue weighted by Gasteiger charge is -2.24. The van der Waals surface area contributed by atoms with Gasteiger partial charge >= 0.3 is 0 Å². The van der Waals surface area contributed by atoms with Crippen LogP contribution in [0.1, 0.15) is 31.8 Å². The molecule has 0 saturated heterocycles. The molecule has 106 valence electrons. The number of carbonyl (C=O) groups excluding carboxylic acids is 2. The summed E-state index contributed by atoms with van der Waals surface area (Å²) in [6.45, 7) is 0. The van der Waals surface area contributed by atoms with Crippen LogP contribution in [0.4, 0.5) is 11.4 Å². The lowest BCUT2D eigenvalue weighted by Crippen LogP contribution is -2.23. The van der Waals surface area contributed by atoms with Crippen LogP contribution in [0.25, 0.3) is 0 Å². The molecule has 0 atom stereocenters. The maximum absolute atomic E-state index is 12.8. The number of nitrogens with one attached hydrogen (secondary N) is 1. The molecule has 0 aromatic heterocycles. The standard InChI is InChI=1S/C17H16N2O2/c1-18-15-13(19(2)3)9-8-12-14(15)17(21)11-7-5-4-6-10(11)16(12)20/h4-9,18H,1-3H3. The van der Waals surface area contributed by atoms with Crippen molar-refractivity contribution >= 4 is 22.9 Å². The van der Waals surface area contributed by atoms with E-state index in [2.05, 4.69) is 5.32 Å². The molecule has 0 unspecified atom stereocenters. The molecule has 0 heterocycles. The van der Waals surface area contributed by atoms with Crippen LogP contribution in [-0.4, -0.2) is 32.7 Å². The zero-order valence-corrected chi connectivity index (χ0v) is 12.2. The van der Waals surface area contributed by atoms with Crippen LogP contribution in [0.3, 0.4) is 0 Å². The summed E-state index contributed by atoms with van der Waals surface area (Å²) in [4.78, 5) is 27.3. The van der Waals surface area contributed by atoms with Gasteiger partial charge in [-0.2, -0.15) is 0 Å². The molecule has 0 spiro atoms. The van der Waals surface area contributed by atoms with Crippen molar-refractivity contribution in [2.24, 2.45) is 0 Å². The van der Waals surface area contributed by atoms with Crippen molar-refractivity contribution in [1.29, 1.82) is 0 Å². The van der Waals surface area contributed by atoms with Gasteiger partial charge in [0.1, 0.15) is 0 Å². The highest BCUT2D eigenvalue weighted by Crippen LogP contribution is 2.37. The second kappa shape index (κ2) is 4.74. The van der Waals surface area contributed by atoms with Crippen molar-refractivity contribution in [3.8, 4) is 0 Å². The van der Waals surface area contributed by atoms with Gasteiger partial charge in [0.25, 0.3) is 0 Å². The van der Waals surface area contributed by atoms with Crippen molar-refractivity contribution < 1.29 is 9.59 Å². The SMILES string of the molecule is CNc1c(N(C)C)ccc2c1C(=O)c1ccccc1C2=O. The van der Waals surface area contributed by atoms with Gasteiger partial charge in [-0.1, -0.05) is 24.3 Å². The van der Waals surface area contributed by atoms with E-state index < -0.39 is 0 Å². The van der Waals surface area contributed by atoms with Gasteiger partial charge in [0.2, 0.25) is 0 Å². The Morgan fingerprint density at radius 3 is 2.05 bits per heavy atom. The normalized spacial score (nSPS) is 12.7. The fraction of sp³-hybridized carbons (Fsp3) is 0.176. The van der Waals surface area contributed by atoms with Gasteiger partial charge < -0.3 is 10.2 Å². The molecule has 1 N–H and O–H groups in total. The highest BCUT2D eigenvalue weighted by atomic mass is 16.1. The van der Waals surface area contributed by atoms with Crippen LogP contribution in [0, 0.1) is 0 Å². The van der Waals surface area contributed by atoms with Crippen molar-refractivity contribution in [2.45, 2.75) is 0 Å². The number of fused-ring (bicyclic) bond motifs is 2. The third-order valence-corrected chi connectivity index (χ3v) is 3.80. The molecule has 3 rings (SSSR count). The average molecular weight is 280 g/mol. The summed E-state index contributed by atoms with van der Waals surface area (Å²) >= 11 is 0. The number of nitrogens with zero attached hydrogens (tertiary/aromatic N) is 1. The molecule has 0 aliphatic heterocycles. The Morgan fingerprint density at radius 1 is 0.857 bits per heavy atom. The molecular weight excluding hydrogens is 264 g/mol. The van der Waals surface area contributed by atoms with Gasteiger partial charge in [0, 0.05) is 37.8 Å². The van der Waals surface area contributed by atoms with E-state index in [1.54, 1.807) is 37.4 Å². The third-order valence-electron chi connectivity index (χ3n) is 3.80. The smallest absolute Gasteiger partial charge is 0.196 e. The van der Waals surface area contributed by atoms with Crippen LogP contribution in [0.5, 0.6) is 0 Å². The van der Waals surface area contributed by atoms with E-state index in [1.165, 1.54) is 0 Å². The summed E-state index contributed by atoms with van der Waals surface area (Å²) in [6.07, 6.45) is 0. The minimum absolute atomic E-state index is 0.0954. The van der Waals surface area contributed by atoms with Crippen LogP contribution < -0.4 is 10.2 Å². The van der Waals surface area contributed by atoms with E-state index in [1.807, 2.05) is 25.1 Å². The summed E-state index contributed by atoms with van der Waals surface area (Å²) in [6, 6.07) is 10.6. The molecule has 0 amide bonds. The number of ketones is 2. The Kier molecular flexibility index (Phi) is 3.01. The summed E-state index contributed by atoms with van der Waals surface area (Å²) in [7, 11) is 5.58. The van der Waals surface area contributed by atoms with Crippen LogP contribution >= 0.6 is 0 Å². The molecule has 21 heavy (non-hydrogen) atoms. The average Bonchev–Trinajstić information content (AvgIpc) is 2.51. The maximum Gasteiger partial charge on any atom is 0.196 e. The lowest BCUT2D eigenvalue weighted by molar-refractivity contribution is 0.0979. The maximum atomic E-state index is 12.8. The lowest BCUT2D eigenvalue weighted by atomic mass is 9.83. The molecule has 1 aliphatic carbocycles. The predicted octanol–water partition coefficient (Wildman–Crippen LogP) is 2.57. The van der Waals surface area contributed by atoms with Crippen molar-refractivity contribution in [3.05, 3.63) is 58.7 Å². The molecule has 0 fully saturated rings. The fourth-order valence-corrected chi connectivity index (χ4v) is 2.80. The van der Waals surface area contributed by atoms with E-state index in [0.29, 0.717) is 27.9 Å². The van der Waals surface area contributed by atoms with E-state index in [9.17, 15) is 9.59 Å². The summed E-state index contributed by atoms with van der Waals surface area (Å²) in [5.41, 5.74) is 3.47. The number of rotatable bonds is 2. The van der Waals surface area contributed by atoms with Gasteiger partial charge in [0.05, 0.1) is 16.9 Å². The monoisotopic (exact) mass is 280 g/mol. The largest absolute Gasteiger partial charge is 0.386 e. The zero-order valence-electron chi connectivity index (χ0n) is 12.2. The molecule has 2 aromatic rings. The Morgan fingerprint density at radius 2 is 1.48 bits per heavy atom. The number of benzene rings is 2. The van der Waals surface area contributed by atoms with E-state index >= 15 is 0 Å². The molecule has 1 aliphatic rings. The fourth-order valence-electron chi connectivity index (χ4n) is 2.80. The quantitative estimate of drug-likeness (QED) is 0.784. The molecule has 4 nitrogen and oxygen atoms in total. The number of hydrogen-bond acceptors (Lipinski definition) is 4. The predicted molar refractivity (Wildman–Crippen MR) is 83.6 cm³/mol. The first-order valence-electron chi connectivity index (χ1n) is 6.76. The zero-order chi connectivity index (χ0) is 15.1. The van der Waals surface area contributed by atoms with E-state index in [0.717, 1.165) is 5.69 Å². The molecule has 0 radical (unpaired) electrons. The summed E-state index contributed by atoms with van der Waals surface area (Å²) in [5.74, 6) is -0.199. The second-order valence-electron chi connectivity index (χ2n) is 5.23. The second-order valence-corrected chi connectivity index (χ2v) is 5.23. The third kappa shape index (κ3) is 1.83. The Hall–Kier alpha value is -2.62. The van der Waals surface area contributed by atoms with Crippen molar-refractivity contribution in [3.63, 3.8) is 0 Å². The molecular formula is C17H16N2O2. The van der Waals surface area contributed by atoms with Gasteiger partial charge in [-0.05, 0) is 12.1 Å². The topological polar surface area (TPSA) is 49.4 Å². The van der Waals surface area contributed by atoms with Crippen LogP contribution in [0.15, 0.2) is 36.4 Å². The van der Waals surface area contributed by atoms with Crippen LogP contribution in [0.2, 0.25) is 0 Å². The molecule has 0 saturated carbocycles. The highest BCUT2D eigenvalue weighted by Gasteiger charge is 2.32. The minimum Gasteiger partial charge on any atom is -0.386 e. The van der Waals surface area contributed by atoms with Crippen molar-refractivity contribution in [1.82, 2.24) is 0 Å². The number of hydrogen-bond donors (Lipinski definition) is 1. The Bertz CT molecular complexity index is 763.